The van der Waals surface area contributed by atoms with Crippen LogP contribution in [0.4, 0.5) is 21.6 Å². The van der Waals surface area contributed by atoms with E-state index in [-0.39, 0.29) is 0 Å². The molecule has 12 rings (SSSR count). The van der Waals surface area contributed by atoms with Gasteiger partial charge in [0.05, 0.1) is 5.52 Å². The van der Waals surface area contributed by atoms with Crippen molar-refractivity contribution in [2.24, 2.45) is 0 Å². The molecule has 1 unspecified atom stereocenters. The number of para-hydroxylation sites is 1. The van der Waals surface area contributed by atoms with Crippen LogP contribution in [0.25, 0.3) is 47.5 Å². The number of anilines is 3. The molecule has 0 radical (unpaired) electrons. The van der Waals surface area contributed by atoms with E-state index in [9.17, 15) is 0 Å². The summed E-state index contributed by atoms with van der Waals surface area (Å²) in [5.41, 5.74) is 5.11. The minimum atomic E-state index is -3.05. The van der Waals surface area contributed by atoms with Crippen molar-refractivity contribution in [3.63, 3.8) is 0 Å². The lowest BCUT2D eigenvalue weighted by Crippen LogP contribution is -2.77. The van der Waals surface area contributed by atoms with Gasteiger partial charge in [0, 0.05) is 60.9 Å². The van der Waals surface area contributed by atoms with Gasteiger partial charge in [-0.25, -0.2) is 14.4 Å². The van der Waals surface area contributed by atoms with Gasteiger partial charge in [-0.1, -0.05) is 133 Å². The third-order valence-electron chi connectivity index (χ3n) is 12.1. The first-order valence-electron chi connectivity index (χ1n) is 19.5. The Morgan fingerprint density at radius 2 is 1.19 bits per heavy atom. The smallest absolute Gasteiger partial charge is 0.184 e. The van der Waals surface area contributed by atoms with E-state index < -0.39 is 14.2 Å². The third-order valence-corrected chi connectivity index (χ3v) is 18.0. The van der Waals surface area contributed by atoms with Crippen molar-refractivity contribution in [3.8, 4) is 0 Å². The van der Waals surface area contributed by atoms with E-state index in [1.165, 1.54) is 40.9 Å². The van der Waals surface area contributed by atoms with Crippen molar-refractivity contribution in [1.29, 1.82) is 0 Å². The molecule has 0 spiro atoms. The van der Waals surface area contributed by atoms with Gasteiger partial charge in [-0.3, -0.25) is 9.30 Å². The van der Waals surface area contributed by atoms with Crippen molar-refractivity contribution in [2.75, 3.05) is 4.90 Å². The Kier molecular flexibility index (Phi) is 7.33. The molecule has 274 valence electrons. The SMILES string of the molecule is FC(c1ccc2c(c1)N(c1ccccn1)c1cc3sc4ccccc4c3cc1[Si]2(c1ccccc1)c1ccccc1)c1ccc2c3ccccc3n3ccnc3c2c1. The van der Waals surface area contributed by atoms with Crippen LogP contribution < -0.4 is 25.6 Å². The molecule has 4 nitrogen and oxygen atoms in total. The molecule has 4 aromatic heterocycles. The van der Waals surface area contributed by atoms with Crippen LogP contribution in [-0.2, 0) is 0 Å². The normalized spacial score (nSPS) is 14.0. The molecule has 0 bridgehead atoms. The Balaban J connectivity index is 1.15. The molecule has 5 heterocycles. The Morgan fingerprint density at radius 1 is 0.500 bits per heavy atom. The number of hydrogen-bond donors (Lipinski definition) is 0. The van der Waals surface area contributed by atoms with Crippen LogP contribution in [0.2, 0.25) is 0 Å². The van der Waals surface area contributed by atoms with Gasteiger partial charge in [0.2, 0.25) is 0 Å². The van der Waals surface area contributed by atoms with Crippen molar-refractivity contribution in [3.05, 3.63) is 206 Å². The first kappa shape index (κ1) is 33.2. The Morgan fingerprint density at radius 3 is 1.98 bits per heavy atom. The van der Waals surface area contributed by atoms with Crippen molar-refractivity contribution in [2.45, 2.75) is 6.17 Å². The number of aromatic nitrogens is 3. The number of pyridine rings is 2. The second-order valence-electron chi connectivity index (χ2n) is 15.1. The number of fused-ring (bicyclic) bond motifs is 11. The predicted molar refractivity (Wildman–Crippen MR) is 242 cm³/mol. The molecule has 0 aliphatic carbocycles. The van der Waals surface area contributed by atoms with Crippen LogP contribution >= 0.6 is 11.3 Å². The van der Waals surface area contributed by atoms with Crippen molar-refractivity contribution < 1.29 is 4.39 Å². The highest BCUT2D eigenvalue weighted by Gasteiger charge is 2.49. The summed E-state index contributed by atoms with van der Waals surface area (Å²) in [4.78, 5) is 12.0. The molecule has 1 atom stereocenters. The molecule has 1 aliphatic heterocycles. The summed E-state index contributed by atoms with van der Waals surface area (Å²) in [6.45, 7) is 0. The molecule has 58 heavy (non-hydrogen) atoms. The van der Waals surface area contributed by atoms with E-state index >= 15 is 4.39 Å². The van der Waals surface area contributed by atoms with E-state index in [2.05, 4.69) is 149 Å². The van der Waals surface area contributed by atoms with E-state index in [1.54, 1.807) is 0 Å². The second-order valence-corrected chi connectivity index (χ2v) is 19.9. The maximum Gasteiger partial charge on any atom is 0.184 e. The molecule has 0 saturated heterocycles. The zero-order chi connectivity index (χ0) is 38.4. The number of benzene rings is 7. The summed E-state index contributed by atoms with van der Waals surface area (Å²) >= 11 is 1.81. The lowest BCUT2D eigenvalue weighted by Gasteiger charge is -2.45. The summed E-state index contributed by atoms with van der Waals surface area (Å²) in [6.07, 6.45) is 4.25. The minimum Gasteiger partial charge on any atom is -0.299 e. The van der Waals surface area contributed by atoms with Gasteiger partial charge in [-0.2, -0.15) is 0 Å². The fourth-order valence-corrected chi connectivity index (χ4v) is 15.8. The molecular weight excluding hydrogens is 748 g/mol. The van der Waals surface area contributed by atoms with Crippen LogP contribution in [-0.4, -0.2) is 22.4 Å². The van der Waals surface area contributed by atoms with Gasteiger partial charge in [0.25, 0.3) is 0 Å². The summed E-state index contributed by atoms with van der Waals surface area (Å²) < 4.78 is 22.1. The van der Waals surface area contributed by atoms with Gasteiger partial charge < -0.3 is 0 Å². The largest absolute Gasteiger partial charge is 0.299 e. The van der Waals surface area contributed by atoms with Gasteiger partial charge in [0.15, 0.2) is 14.2 Å². The van der Waals surface area contributed by atoms with Crippen molar-refractivity contribution >= 4 is 105 Å². The van der Waals surface area contributed by atoms with E-state index in [1.807, 2.05) is 66.3 Å². The van der Waals surface area contributed by atoms with Crippen LogP contribution in [0, 0.1) is 0 Å². The lowest BCUT2D eigenvalue weighted by atomic mass is 9.97. The topological polar surface area (TPSA) is 33.4 Å². The van der Waals surface area contributed by atoms with E-state index in [4.69, 9.17) is 9.97 Å². The second kappa shape index (κ2) is 12.8. The standard InChI is InChI=1S/C51H33FN4SSi/c52-50(33-22-24-37-38-17-7-9-19-42(38)55-28-27-54-51(55)41(37)29-33)34-23-25-47-43(30-34)56(49-21-11-12-26-53-49)44-32-46-40(39-18-8-10-20-45(39)57-46)31-48(44)58(47,35-13-3-1-4-14-35)36-15-5-2-6-16-36/h1-32,50H. The number of rotatable bonds is 5. The monoisotopic (exact) mass is 780 g/mol. The van der Waals surface area contributed by atoms with E-state index in [0.717, 1.165) is 44.5 Å². The highest BCUT2D eigenvalue weighted by atomic mass is 32.1. The summed E-state index contributed by atoms with van der Waals surface area (Å²) in [5, 5.41) is 10.6. The van der Waals surface area contributed by atoms with Crippen LogP contribution in [0.15, 0.2) is 195 Å². The number of thiophene rings is 1. The Hall–Kier alpha value is -6.93. The molecule has 11 aromatic rings. The number of imidazole rings is 1. The first-order chi connectivity index (χ1) is 28.7. The molecule has 0 saturated carbocycles. The molecule has 0 N–H and O–H groups in total. The van der Waals surface area contributed by atoms with Gasteiger partial charge in [-0.15, -0.1) is 11.3 Å². The fraction of sp³-hybridized carbons (Fsp3) is 0.0196. The zero-order valence-corrected chi connectivity index (χ0v) is 32.9. The van der Waals surface area contributed by atoms with Crippen molar-refractivity contribution in [1.82, 2.24) is 14.4 Å². The number of nitrogens with zero attached hydrogens (tertiary/aromatic N) is 4. The average molecular weight is 781 g/mol. The average Bonchev–Trinajstić information content (AvgIpc) is 3.94. The fourth-order valence-electron chi connectivity index (χ4n) is 9.57. The molecule has 7 aromatic carbocycles. The molecule has 7 heteroatoms. The number of halogens is 1. The highest BCUT2D eigenvalue weighted by Crippen LogP contribution is 2.44. The minimum absolute atomic E-state index is 0.592. The maximum atomic E-state index is 17.5. The van der Waals surface area contributed by atoms with Crippen LogP contribution in [0.3, 0.4) is 0 Å². The summed E-state index contributed by atoms with van der Waals surface area (Å²) in [7, 11) is -3.05. The Bertz CT molecular complexity index is 3340. The predicted octanol–water partition coefficient (Wildman–Crippen LogP) is 10.6. The van der Waals surface area contributed by atoms with Gasteiger partial charge in [-0.05, 0) is 79.7 Å². The molecule has 0 fully saturated rings. The molecule has 0 amide bonds. The highest BCUT2D eigenvalue weighted by molar-refractivity contribution is 7.26. The number of hydrogen-bond acceptors (Lipinski definition) is 4. The summed E-state index contributed by atoms with van der Waals surface area (Å²) in [5.74, 6) is 0.793. The van der Waals surface area contributed by atoms with Gasteiger partial charge in [0.1, 0.15) is 11.5 Å². The molecular formula is C51H33FN4SSi. The van der Waals surface area contributed by atoms with Crippen LogP contribution in [0.5, 0.6) is 0 Å². The number of alkyl halides is 1. The van der Waals surface area contributed by atoms with Crippen LogP contribution in [0.1, 0.15) is 17.3 Å². The zero-order valence-electron chi connectivity index (χ0n) is 31.1. The quantitative estimate of drug-likeness (QED) is 0.129. The van der Waals surface area contributed by atoms with E-state index in [0.29, 0.717) is 11.1 Å². The third kappa shape index (κ3) is 4.71. The van der Waals surface area contributed by atoms with Gasteiger partial charge >= 0.3 is 0 Å². The lowest BCUT2D eigenvalue weighted by molar-refractivity contribution is 0.402. The maximum absolute atomic E-state index is 17.5. The first-order valence-corrected chi connectivity index (χ1v) is 22.3. The summed E-state index contributed by atoms with van der Waals surface area (Å²) in [6, 6.07) is 62.2. The Labute approximate surface area is 338 Å². The molecule has 1 aliphatic rings.